The number of benzene rings is 1. The smallest absolute Gasteiger partial charge is 0.247 e. The van der Waals surface area contributed by atoms with Crippen molar-refractivity contribution in [3.8, 4) is 0 Å². The lowest BCUT2D eigenvalue weighted by Crippen LogP contribution is -2.44. The van der Waals surface area contributed by atoms with Crippen molar-refractivity contribution in [2.75, 3.05) is 11.6 Å². The van der Waals surface area contributed by atoms with Gasteiger partial charge < -0.3 is 5.32 Å². The van der Waals surface area contributed by atoms with E-state index in [4.69, 9.17) is 0 Å². The van der Waals surface area contributed by atoms with E-state index in [0.717, 1.165) is 24.8 Å². The SMILES string of the molecule is CC(C)(C(=O)Nc1nc(C2CC2)cs1)S(=O)(=O)c1ccc(S(C)(=O)=O)cc1. The highest BCUT2D eigenvalue weighted by Gasteiger charge is 2.43. The van der Waals surface area contributed by atoms with Crippen LogP contribution in [-0.4, -0.2) is 38.7 Å². The Balaban J connectivity index is 1.83. The molecular weight excluding hydrogens is 408 g/mol. The summed E-state index contributed by atoms with van der Waals surface area (Å²) in [5.74, 6) is -0.247. The topological polar surface area (TPSA) is 110 Å². The number of sulfone groups is 2. The molecule has 1 fully saturated rings. The van der Waals surface area contributed by atoms with Gasteiger partial charge in [-0.2, -0.15) is 0 Å². The molecule has 1 heterocycles. The number of hydrogen-bond donors (Lipinski definition) is 1. The first-order valence-corrected chi connectivity index (χ1v) is 12.5. The average molecular weight is 429 g/mol. The number of hydrogen-bond acceptors (Lipinski definition) is 7. The summed E-state index contributed by atoms with van der Waals surface area (Å²) in [6.45, 7) is 2.63. The molecule has 1 aliphatic carbocycles. The summed E-state index contributed by atoms with van der Waals surface area (Å²) in [6, 6.07) is 4.85. The maximum absolute atomic E-state index is 12.9. The van der Waals surface area contributed by atoms with Crippen LogP contribution in [0.25, 0.3) is 0 Å². The van der Waals surface area contributed by atoms with Crippen LogP contribution in [0.1, 0.15) is 38.3 Å². The van der Waals surface area contributed by atoms with Crippen molar-refractivity contribution in [3.63, 3.8) is 0 Å². The highest BCUT2D eigenvalue weighted by atomic mass is 32.2. The highest BCUT2D eigenvalue weighted by Crippen LogP contribution is 2.41. The summed E-state index contributed by atoms with van der Waals surface area (Å²) < 4.78 is 47.2. The van der Waals surface area contributed by atoms with Crippen molar-refractivity contribution in [2.24, 2.45) is 0 Å². The number of carbonyl (C=O) groups is 1. The van der Waals surface area contributed by atoms with Gasteiger partial charge in [-0.3, -0.25) is 4.79 Å². The van der Waals surface area contributed by atoms with E-state index in [9.17, 15) is 21.6 Å². The summed E-state index contributed by atoms with van der Waals surface area (Å²) in [4.78, 5) is 16.9. The third-order valence-electron chi connectivity index (χ3n) is 4.52. The molecule has 1 saturated carbocycles. The van der Waals surface area contributed by atoms with E-state index in [1.165, 1.54) is 49.4 Å². The zero-order valence-corrected chi connectivity index (χ0v) is 17.5. The van der Waals surface area contributed by atoms with Crippen LogP contribution in [0, 0.1) is 0 Å². The molecular formula is C17H20N2O5S3. The van der Waals surface area contributed by atoms with Crippen LogP contribution in [0.4, 0.5) is 5.13 Å². The molecule has 10 heteroatoms. The second-order valence-corrected chi connectivity index (χ2v) is 12.4. The van der Waals surface area contributed by atoms with Gasteiger partial charge in [-0.25, -0.2) is 21.8 Å². The Labute approximate surface area is 162 Å². The predicted molar refractivity (Wildman–Crippen MR) is 104 cm³/mol. The molecule has 1 aliphatic rings. The number of amides is 1. The fourth-order valence-electron chi connectivity index (χ4n) is 2.44. The van der Waals surface area contributed by atoms with Crippen LogP contribution in [0.5, 0.6) is 0 Å². The third-order valence-corrected chi connectivity index (χ3v) is 8.85. The molecule has 0 spiro atoms. The summed E-state index contributed by atoms with van der Waals surface area (Å²) >= 11 is 1.27. The number of thiazole rings is 1. The molecule has 1 amide bonds. The van der Waals surface area contributed by atoms with Crippen molar-refractivity contribution in [1.29, 1.82) is 0 Å². The van der Waals surface area contributed by atoms with Gasteiger partial charge in [0.1, 0.15) is 4.75 Å². The summed E-state index contributed by atoms with van der Waals surface area (Å²) in [7, 11) is -7.49. The van der Waals surface area contributed by atoms with Gasteiger partial charge in [-0.1, -0.05) is 0 Å². The lowest BCUT2D eigenvalue weighted by Gasteiger charge is -2.23. The molecule has 3 rings (SSSR count). The first-order valence-electron chi connectivity index (χ1n) is 8.24. The Morgan fingerprint density at radius 2 is 1.67 bits per heavy atom. The predicted octanol–water partition coefficient (Wildman–Crippen LogP) is 2.62. The van der Waals surface area contributed by atoms with E-state index in [1.807, 2.05) is 5.38 Å². The van der Waals surface area contributed by atoms with Crippen molar-refractivity contribution >= 4 is 42.1 Å². The summed E-state index contributed by atoms with van der Waals surface area (Å²) in [5, 5.41) is 4.84. The maximum atomic E-state index is 12.9. The Bertz CT molecular complexity index is 1080. The van der Waals surface area contributed by atoms with Crippen LogP contribution >= 0.6 is 11.3 Å². The molecule has 0 radical (unpaired) electrons. The zero-order valence-electron chi connectivity index (χ0n) is 15.1. The third kappa shape index (κ3) is 3.92. The molecule has 1 aromatic carbocycles. The molecule has 0 aliphatic heterocycles. The molecule has 1 aromatic heterocycles. The van der Waals surface area contributed by atoms with Crippen LogP contribution in [-0.2, 0) is 24.5 Å². The van der Waals surface area contributed by atoms with Gasteiger partial charge in [-0.15, -0.1) is 11.3 Å². The van der Waals surface area contributed by atoms with Crippen molar-refractivity contribution < 1.29 is 21.6 Å². The Hall–Kier alpha value is -1.78. The standard InChI is InChI=1S/C17H20N2O5S3/c1-17(2,15(20)19-16-18-14(10-25-16)11-4-5-11)27(23,24)13-8-6-12(7-9-13)26(3,21)22/h6-11H,4-5H2,1-3H3,(H,18,19,20). The van der Waals surface area contributed by atoms with Crippen LogP contribution in [0.2, 0.25) is 0 Å². The molecule has 0 saturated heterocycles. The average Bonchev–Trinajstić information content (AvgIpc) is 3.34. The maximum Gasteiger partial charge on any atom is 0.247 e. The molecule has 146 valence electrons. The quantitative estimate of drug-likeness (QED) is 0.757. The summed E-state index contributed by atoms with van der Waals surface area (Å²) in [5.41, 5.74) is 0.923. The fourth-order valence-corrected chi connectivity index (χ4v) is 5.24. The van der Waals surface area contributed by atoms with Gasteiger partial charge in [0.05, 0.1) is 15.5 Å². The number of carbonyl (C=O) groups excluding carboxylic acids is 1. The second-order valence-electron chi connectivity index (χ2n) is 7.06. The van der Waals surface area contributed by atoms with E-state index in [0.29, 0.717) is 11.0 Å². The normalized spacial score (nSPS) is 15.5. The summed E-state index contributed by atoms with van der Waals surface area (Å²) in [6.07, 6.45) is 3.21. The Morgan fingerprint density at radius 1 is 1.11 bits per heavy atom. The van der Waals surface area contributed by atoms with E-state index in [-0.39, 0.29) is 9.79 Å². The van der Waals surface area contributed by atoms with Gasteiger partial charge in [0.25, 0.3) is 0 Å². The number of nitrogens with zero attached hydrogens (tertiary/aromatic N) is 1. The zero-order chi connectivity index (χ0) is 20.0. The van der Waals surface area contributed by atoms with E-state index in [1.54, 1.807) is 0 Å². The lowest BCUT2D eigenvalue weighted by atomic mass is 10.2. The van der Waals surface area contributed by atoms with Gasteiger partial charge in [0.2, 0.25) is 5.91 Å². The number of rotatable bonds is 6. The minimum Gasteiger partial charge on any atom is -0.301 e. The van der Waals surface area contributed by atoms with Crippen molar-refractivity contribution in [1.82, 2.24) is 4.98 Å². The first-order chi connectivity index (χ1) is 12.4. The number of nitrogens with one attached hydrogen (secondary N) is 1. The monoisotopic (exact) mass is 428 g/mol. The molecule has 0 unspecified atom stereocenters. The van der Waals surface area contributed by atoms with E-state index in [2.05, 4.69) is 10.3 Å². The van der Waals surface area contributed by atoms with Gasteiger partial charge in [-0.05, 0) is 51.0 Å². The molecule has 0 atom stereocenters. The molecule has 2 aromatic rings. The Kier molecular flexibility index (Phi) is 4.94. The molecule has 27 heavy (non-hydrogen) atoms. The van der Waals surface area contributed by atoms with Crippen molar-refractivity contribution in [3.05, 3.63) is 35.3 Å². The minimum atomic E-state index is -4.05. The minimum absolute atomic E-state index is 0.0131. The number of anilines is 1. The van der Waals surface area contributed by atoms with Crippen LogP contribution in [0.3, 0.4) is 0 Å². The van der Waals surface area contributed by atoms with Gasteiger partial charge >= 0.3 is 0 Å². The van der Waals surface area contributed by atoms with Crippen molar-refractivity contribution in [2.45, 2.75) is 47.1 Å². The molecule has 0 bridgehead atoms. The van der Waals surface area contributed by atoms with Crippen LogP contribution < -0.4 is 5.32 Å². The van der Waals surface area contributed by atoms with Crippen LogP contribution in [0.15, 0.2) is 39.4 Å². The largest absolute Gasteiger partial charge is 0.301 e. The molecule has 7 nitrogen and oxygen atoms in total. The molecule has 1 N–H and O–H groups in total. The number of aromatic nitrogens is 1. The van der Waals surface area contributed by atoms with E-state index >= 15 is 0 Å². The highest BCUT2D eigenvalue weighted by molar-refractivity contribution is 7.93. The van der Waals surface area contributed by atoms with Gasteiger partial charge in [0.15, 0.2) is 24.8 Å². The first kappa shape index (κ1) is 20.0. The van der Waals surface area contributed by atoms with Gasteiger partial charge in [0, 0.05) is 17.6 Å². The fraction of sp³-hybridized carbons (Fsp3) is 0.412. The lowest BCUT2D eigenvalue weighted by molar-refractivity contribution is -0.117. The second kappa shape index (κ2) is 6.68. The Morgan fingerprint density at radius 3 is 2.19 bits per heavy atom. The van der Waals surface area contributed by atoms with E-state index < -0.39 is 30.3 Å².